The lowest BCUT2D eigenvalue weighted by Crippen LogP contribution is -2.36. The van der Waals surface area contributed by atoms with Gasteiger partial charge in [-0.2, -0.15) is 4.98 Å². The molecule has 0 radical (unpaired) electrons. The highest BCUT2D eigenvalue weighted by atomic mass is 32.1. The standard InChI is InChI=1S/C11H13N5O3S/c12-10-13-5-7(20-10)8-14-9(19-15-8)6-1-3-16(4-2-6)11(17)18/h5-6H,1-4H2,(H2,12,13)(H,17,18). The molecule has 1 aliphatic rings. The second kappa shape index (κ2) is 5.08. The van der Waals surface area contributed by atoms with E-state index >= 15 is 0 Å². The first-order chi connectivity index (χ1) is 9.63. The molecule has 3 rings (SSSR count). The third-order valence-corrected chi connectivity index (χ3v) is 4.12. The van der Waals surface area contributed by atoms with Gasteiger partial charge in [-0.25, -0.2) is 9.78 Å². The van der Waals surface area contributed by atoms with E-state index in [-0.39, 0.29) is 5.92 Å². The number of hydrogen-bond acceptors (Lipinski definition) is 7. The number of aromatic nitrogens is 3. The van der Waals surface area contributed by atoms with E-state index < -0.39 is 6.09 Å². The third kappa shape index (κ3) is 2.44. The molecule has 0 unspecified atom stereocenters. The lowest BCUT2D eigenvalue weighted by molar-refractivity contribution is 0.128. The number of anilines is 1. The van der Waals surface area contributed by atoms with E-state index in [1.807, 2.05) is 0 Å². The van der Waals surface area contributed by atoms with E-state index in [1.54, 1.807) is 6.20 Å². The third-order valence-electron chi connectivity index (χ3n) is 3.30. The van der Waals surface area contributed by atoms with Crippen LogP contribution in [0.15, 0.2) is 10.7 Å². The number of nitrogen functional groups attached to an aromatic ring is 1. The number of carboxylic acid groups (broad SMARTS) is 1. The van der Waals surface area contributed by atoms with Gasteiger partial charge >= 0.3 is 6.09 Å². The summed E-state index contributed by atoms with van der Waals surface area (Å²) < 4.78 is 5.27. The van der Waals surface area contributed by atoms with Crippen molar-refractivity contribution >= 4 is 22.6 Å². The average molecular weight is 295 g/mol. The normalized spacial score (nSPS) is 16.5. The highest BCUT2D eigenvalue weighted by molar-refractivity contribution is 7.18. The van der Waals surface area contributed by atoms with Gasteiger partial charge in [0.05, 0.1) is 11.1 Å². The number of hydrogen-bond donors (Lipinski definition) is 2. The minimum atomic E-state index is -0.880. The molecule has 2 aromatic heterocycles. The lowest BCUT2D eigenvalue weighted by atomic mass is 9.97. The number of nitrogens with two attached hydrogens (primary N) is 1. The highest BCUT2D eigenvalue weighted by Crippen LogP contribution is 2.30. The van der Waals surface area contributed by atoms with Gasteiger partial charge in [-0.15, -0.1) is 0 Å². The summed E-state index contributed by atoms with van der Waals surface area (Å²) in [5.41, 5.74) is 5.57. The number of carbonyl (C=O) groups is 1. The largest absolute Gasteiger partial charge is 0.465 e. The van der Waals surface area contributed by atoms with E-state index in [4.69, 9.17) is 15.4 Å². The first-order valence-electron chi connectivity index (χ1n) is 6.16. The Labute approximate surface area is 118 Å². The Hall–Kier alpha value is -2.16. The molecule has 8 nitrogen and oxygen atoms in total. The van der Waals surface area contributed by atoms with Crippen molar-refractivity contribution in [1.29, 1.82) is 0 Å². The van der Waals surface area contributed by atoms with Crippen LogP contribution in [-0.4, -0.2) is 44.3 Å². The van der Waals surface area contributed by atoms with Crippen molar-refractivity contribution in [3.8, 4) is 10.7 Å². The van der Waals surface area contributed by atoms with Crippen LogP contribution < -0.4 is 5.73 Å². The minimum Gasteiger partial charge on any atom is -0.465 e. The van der Waals surface area contributed by atoms with Gasteiger partial charge in [0.2, 0.25) is 11.7 Å². The van der Waals surface area contributed by atoms with E-state index in [1.165, 1.54) is 16.2 Å². The van der Waals surface area contributed by atoms with Gasteiger partial charge in [-0.3, -0.25) is 0 Å². The van der Waals surface area contributed by atoms with Crippen LogP contribution in [0.1, 0.15) is 24.7 Å². The van der Waals surface area contributed by atoms with Gasteiger partial charge in [0, 0.05) is 19.0 Å². The maximum absolute atomic E-state index is 10.8. The van der Waals surface area contributed by atoms with E-state index in [2.05, 4.69) is 15.1 Å². The predicted molar refractivity (Wildman–Crippen MR) is 71.4 cm³/mol. The van der Waals surface area contributed by atoms with E-state index in [0.717, 1.165) is 4.88 Å². The van der Waals surface area contributed by atoms with Gasteiger partial charge in [0.15, 0.2) is 5.13 Å². The van der Waals surface area contributed by atoms with Crippen LogP contribution in [-0.2, 0) is 0 Å². The van der Waals surface area contributed by atoms with Crippen LogP contribution >= 0.6 is 11.3 Å². The van der Waals surface area contributed by atoms with Crippen molar-refractivity contribution in [2.24, 2.45) is 0 Å². The maximum atomic E-state index is 10.8. The summed E-state index contributed by atoms with van der Waals surface area (Å²) >= 11 is 1.30. The molecule has 0 atom stereocenters. The highest BCUT2D eigenvalue weighted by Gasteiger charge is 2.27. The van der Waals surface area contributed by atoms with Crippen molar-refractivity contribution in [3.63, 3.8) is 0 Å². The number of likely N-dealkylation sites (tertiary alicyclic amines) is 1. The number of amides is 1. The maximum Gasteiger partial charge on any atom is 0.407 e. The molecular formula is C11H13N5O3S. The smallest absolute Gasteiger partial charge is 0.407 e. The Morgan fingerprint density at radius 3 is 2.85 bits per heavy atom. The summed E-state index contributed by atoms with van der Waals surface area (Å²) in [6.07, 6.45) is 2.12. The SMILES string of the molecule is Nc1ncc(-c2noc(C3CCN(C(=O)O)CC3)n2)s1. The summed E-state index contributed by atoms with van der Waals surface area (Å²) in [6.45, 7) is 0.983. The number of nitrogens with zero attached hydrogens (tertiary/aromatic N) is 4. The van der Waals surface area contributed by atoms with Crippen LogP contribution in [0.2, 0.25) is 0 Å². The molecule has 0 aromatic carbocycles. The molecule has 2 aromatic rings. The van der Waals surface area contributed by atoms with Crippen LogP contribution in [0.4, 0.5) is 9.93 Å². The predicted octanol–water partition coefficient (Wildman–Crippen LogP) is 1.63. The Balaban J connectivity index is 1.70. The Kier molecular flexibility index (Phi) is 3.26. The van der Waals surface area contributed by atoms with Crippen molar-refractivity contribution in [3.05, 3.63) is 12.1 Å². The fourth-order valence-corrected chi connectivity index (χ4v) is 2.82. The van der Waals surface area contributed by atoms with Crippen LogP contribution in [0.3, 0.4) is 0 Å². The molecule has 3 heterocycles. The molecule has 106 valence electrons. The zero-order chi connectivity index (χ0) is 14.1. The Morgan fingerprint density at radius 2 is 2.25 bits per heavy atom. The molecule has 9 heteroatoms. The molecule has 0 saturated carbocycles. The van der Waals surface area contributed by atoms with E-state index in [9.17, 15) is 4.79 Å². The van der Waals surface area contributed by atoms with Gasteiger partial charge in [-0.1, -0.05) is 16.5 Å². The van der Waals surface area contributed by atoms with Crippen LogP contribution in [0, 0.1) is 0 Å². The summed E-state index contributed by atoms with van der Waals surface area (Å²) in [7, 11) is 0. The fraction of sp³-hybridized carbons (Fsp3) is 0.455. The molecule has 20 heavy (non-hydrogen) atoms. The zero-order valence-electron chi connectivity index (χ0n) is 10.5. The zero-order valence-corrected chi connectivity index (χ0v) is 11.3. The Morgan fingerprint density at radius 1 is 1.50 bits per heavy atom. The average Bonchev–Trinajstić information content (AvgIpc) is 3.07. The molecule has 1 fully saturated rings. The van der Waals surface area contributed by atoms with Crippen molar-refractivity contribution in [1.82, 2.24) is 20.0 Å². The van der Waals surface area contributed by atoms with Crippen LogP contribution in [0.25, 0.3) is 10.7 Å². The van der Waals surface area contributed by atoms with Gasteiger partial charge in [0.25, 0.3) is 0 Å². The molecule has 3 N–H and O–H groups in total. The lowest BCUT2D eigenvalue weighted by Gasteiger charge is -2.27. The quantitative estimate of drug-likeness (QED) is 0.864. The van der Waals surface area contributed by atoms with Gasteiger partial charge < -0.3 is 20.3 Å². The summed E-state index contributed by atoms with van der Waals surface area (Å²) in [6, 6.07) is 0. The van der Waals surface area contributed by atoms with Crippen molar-refractivity contribution in [2.45, 2.75) is 18.8 Å². The summed E-state index contributed by atoms with van der Waals surface area (Å²) in [5, 5.41) is 13.3. The summed E-state index contributed by atoms with van der Waals surface area (Å²) in [5.74, 6) is 1.14. The first kappa shape index (κ1) is 12.9. The molecule has 1 aliphatic heterocycles. The van der Waals surface area contributed by atoms with Crippen LogP contribution in [0.5, 0.6) is 0 Å². The van der Waals surface area contributed by atoms with Crippen molar-refractivity contribution in [2.75, 3.05) is 18.8 Å². The first-order valence-corrected chi connectivity index (χ1v) is 6.98. The van der Waals surface area contributed by atoms with Gasteiger partial charge in [0.1, 0.15) is 0 Å². The molecule has 1 saturated heterocycles. The van der Waals surface area contributed by atoms with E-state index in [0.29, 0.717) is 42.8 Å². The molecule has 0 spiro atoms. The summed E-state index contributed by atoms with van der Waals surface area (Å²) in [4.78, 5) is 21.3. The second-order valence-corrected chi connectivity index (χ2v) is 5.63. The minimum absolute atomic E-state index is 0.108. The van der Waals surface area contributed by atoms with Crippen molar-refractivity contribution < 1.29 is 14.4 Å². The fourth-order valence-electron chi connectivity index (χ4n) is 2.21. The number of thiazole rings is 1. The molecule has 0 bridgehead atoms. The molecule has 1 amide bonds. The molecular weight excluding hydrogens is 282 g/mol. The second-order valence-electron chi connectivity index (χ2n) is 4.56. The Bertz CT molecular complexity index is 617. The number of piperidine rings is 1. The monoisotopic (exact) mass is 295 g/mol. The van der Waals surface area contributed by atoms with Gasteiger partial charge in [-0.05, 0) is 12.8 Å². The molecule has 0 aliphatic carbocycles. The topological polar surface area (TPSA) is 118 Å². The number of rotatable bonds is 2.